The number of anilines is 1. The van der Waals surface area contributed by atoms with Crippen molar-refractivity contribution in [2.75, 3.05) is 19.0 Å². The molecule has 6 nitrogen and oxygen atoms in total. The standard InChI is InChI=1S/C18H17BrN2O4S/c1-11-15(19)9-8-14-16(11)21(18(23)17(14)22)10-12-4-6-13(7-5-12)26(24,25)20(2)3/h4-9H,10H2,1-3H3. The molecule has 2 aromatic rings. The molecule has 0 aliphatic carbocycles. The third kappa shape index (κ3) is 2.98. The summed E-state index contributed by atoms with van der Waals surface area (Å²) in [6.07, 6.45) is 0. The van der Waals surface area contributed by atoms with E-state index in [1.165, 1.54) is 31.1 Å². The highest BCUT2D eigenvalue weighted by atomic mass is 79.9. The number of benzene rings is 2. The second-order valence-electron chi connectivity index (χ2n) is 6.22. The van der Waals surface area contributed by atoms with Gasteiger partial charge in [-0.3, -0.25) is 9.59 Å². The van der Waals surface area contributed by atoms with Crippen molar-refractivity contribution in [2.24, 2.45) is 0 Å². The number of nitrogens with zero attached hydrogens (tertiary/aromatic N) is 2. The van der Waals surface area contributed by atoms with Crippen LogP contribution in [0.3, 0.4) is 0 Å². The topological polar surface area (TPSA) is 74.8 Å². The summed E-state index contributed by atoms with van der Waals surface area (Å²) in [5, 5.41) is 0. The molecule has 3 rings (SSSR count). The third-order valence-electron chi connectivity index (χ3n) is 4.36. The largest absolute Gasteiger partial charge is 0.300 e. The van der Waals surface area contributed by atoms with Crippen molar-refractivity contribution in [1.29, 1.82) is 0 Å². The van der Waals surface area contributed by atoms with Gasteiger partial charge >= 0.3 is 0 Å². The van der Waals surface area contributed by atoms with Gasteiger partial charge in [0, 0.05) is 18.6 Å². The Labute approximate surface area is 160 Å². The van der Waals surface area contributed by atoms with Gasteiger partial charge in [-0.05, 0) is 42.3 Å². The van der Waals surface area contributed by atoms with Gasteiger partial charge in [-0.2, -0.15) is 0 Å². The predicted octanol–water partition coefficient (Wildman–Crippen LogP) is 2.74. The van der Waals surface area contributed by atoms with Crippen LogP contribution in [0, 0.1) is 6.92 Å². The summed E-state index contributed by atoms with van der Waals surface area (Å²) in [5.74, 6) is -1.10. The molecule has 8 heteroatoms. The minimum absolute atomic E-state index is 0.175. The smallest absolute Gasteiger partial charge is 0.299 e. The molecule has 0 N–H and O–H groups in total. The molecule has 0 aromatic heterocycles. The molecule has 136 valence electrons. The molecule has 0 saturated heterocycles. The summed E-state index contributed by atoms with van der Waals surface area (Å²) in [6.45, 7) is 2.03. The molecule has 0 spiro atoms. The quantitative estimate of drug-likeness (QED) is 0.690. The molecule has 26 heavy (non-hydrogen) atoms. The molecule has 0 radical (unpaired) electrons. The first-order valence-electron chi connectivity index (χ1n) is 7.81. The molecule has 1 aliphatic rings. The second-order valence-corrected chi connectivity index (χ2v) is 9.23. The number of halogens is 1. The average molecular weight is 437 g/mol. The first-order valence-corrected chi connectivity index (χ1v) is 10.0. The van der Waals surface area contributed by atoms with Crippen molar-refractivity contribution < 1.29 is 18.0 Å². The zero-order chi connectivity index (χ0) is 19.2. The van der Waals surface area contributed by atoms with Crippen LogP contribution in [0.25, 0.3) is 0 Å². The van der Waals surface area contributed by atoms with E-state index < -0.39 is 21.7 Å². The Morgan fingerprint density at radius 1 is 1.04 bits per heavy atom. The van der Waals surface area contributed by atoms with E-state index in [0.29, 0.717) is 11.3 Å². The number of sulfonamides is 1. The first-order chi connectivity index (χ1) is 12.1. The zero-order valence-corrected chi connectivity index (χ0v) is 16.9. The average Bonchev–Trinajstić information content (AvgIpc) is 2.84. The molecule has 0 saturated carbocycles. The highest BCUT2D eigenvalue weighted by Gasteiger charge is 2.37. The van der Waals surface area contributed by atoms with Gasteiger partial charge in [-0.25, -0.2) is 12.7 Å². The monoisotopic (exact) mass is 436 g/mol. The lowest BCUT2D eigenvalue weighted by Gasteiger charge is -2.19. The number of fused-ring (bicyclic) bond motifs is 1. The lowest BCUT2D eigenvalue weighted by Crippen LogP contribution is -2.29. The number of hydrogen-bond acceptors (Lipinski definition) is 4. The van der Waals surface area contributed by atoms with E-state index in [2.05, 4.69) is 15.9 Å². The van der Waals surface area contributed by atoms with Crippen LogP contribution >= 0.6 is 15.9 Å². The Kier molecular flexibility index (Phi) is 4.76. The Hall–Kier alpha value is -2.03. The van der Waals surface area contributed by atoms with Crippen LogP contribution in [0.2, 0.25) is 0 Å². The van der Waals surface area contributed by atoms with E-state index in [1.807, 2.05) is 6.92 Å². The Bertz CT molecular complexity index is 1010. The molecule has 1 heterocycles. The van der Waals surface area contributed by atoms with Crippen LogP contribution in [0.5, 0.6) is 0 Å². The SMILES string of the molecule is Cc1c(Br)ccc2c1N(Cc1ccc(S(=O)(=O)N(C)C)cc1)C(=O)C2=O. The van der Waals surface area contributed by atoms with Gasteiger partial charge in [0.2, 0.25) is 10.0 Å². The number of Topliss-reactive ketones (excluding diaryl/α,β-unsaturated/α-hetero) is 1. The van der Waals surface area contributed by atoms with E-state index in [1.54, 1.807) is 24.3 Å². The van der Waals surface area contributed by atoms with E-state index in [4.69, 9.17) is 0 Å². The van der Waals surface area contributed by atoms with E-state index in [-0.39, 0.29) is 11.4 Å². The van der Waals surface area contributed by atoms with Crippen LogP contribution in [-0.2, 0) is 21.4 Å². The Morgan fingerprint density at radius 3 is 2.23 bits per heavy atom. The highest BCUT2D eigenvalue weighted by Crippen LogP contribution is 2.37. The van der Waals surface area contributed by atoms with Crippen LogP contribution < -0.4 is 4.90 Å². The molecule has 0 fully saturated rings. The van der Waals surface area contributed by atoms with Crippen molar-refractivity contribution in [2.45, 2.75) is 18.4 Å². The van der Waals surface area contributed by atoms with Gasteiger partial charge < -0.3 is 4.90 Å². The molecule has 0 unspecified atom stereocenters. The predicted molar refractivity (Wildman–Crippen MR) is 102 cm³/mol. The van der Waals surface area contributed by atoms with Gasteiger partial charge in [0.1, 0.15) is 0 Å². The maximum atomic E-state index is 12.4. The van der Waals surface area contributed by atoms with E-state index in [0.717, 1.165) is 19.9 Å². The summed E-state index contributed by atoms with van der Waals surface area (Å²) < 4.78 is 26.2. The summed E-state index contributed by atoms with van der Waals surface area (Å²) >= 11 is 3.43. The molecule has 2 aromatic carbocycles. The van der Waals surface area contributed by atoms with Crippen molar-refractivity contribution in [3.8, 4) is 0 Å². The fourth-order valence-corrected chi connectivity index (χ4v) is 4.08. The summed E-state index contributed by atoms with van der Waals surface area (Å²) in [7, 11) is -0.574. The minimum atomic E-state index is -3.51. The lowest BCUT2D eigenvalue weighted by atomic mass is 10.1. The number of rotatable bonds is 4. The molecule has 0 bridgehead atoms. The molecule has 1 amide bonds. The Balaban J connectivity index is 1.95. The maximum absolute atomic E-state index is 12.4. The van der Waals surface area contributed by atoms with Crippen LogP contribution in [0.4, 0.5) is 5.69 Å². The first kappa shape index (κ1) is 18.8. The van der Waals surface area contributed by atoms with Crippen molar-refractivity contribution in [3.05, 3.63) is 57.6 Å². The summed E-state index contributed by atoms with van der Waals surface area (Å²) in [6, 6.07) is 9.70. The third-order valence-corrected chi connectivity index (χ3v) is 7.05. The van der Waals surface area contributed by atoms with Gasteiger partial charge in [0.15, 0.2) is 0 Å². The fourth-order valence-electron chi connectivity index (χ4n) is 2.86. The second kappa shape index (κ2) is 6.61. The van der Waals surface area contributed by atoms with Crippen molar-refractivity contribution >= 4 is 43.3 Å². The molecule has 1 aliphatic heterocycles. The summed E-state index contributed by atoms with van der Waals surface area (Å²) in [5.41, 5.74) is 2.53. The molecular formula is C18H17BrN2O4S. The lowest BCUT2D eigenvalue weighted by molar-refractivity contribution is -0.114. The van der Waals surface area contributed by atoms with Crippen molar-refractivity contribution in [1.82, 2.24) is 4.31 Å². The zero-order valence-electron chi connectivity index (χ0n) is 14.5. The summed E-state index contributed by atoms with van der Waals surface area (Å²) in [4.78, 5) is 26.2. The number of amides is 1. The molecule has 0 atom stereocenters. The van der Waals surface area contributed by atoms with Gasteiger partial charge in [0.25, 0.3) is 11.7 Å². The van der Waals surface area contributed by atoms with E-state index >= 15 is 0 Å². The van der Waals surface area contributed by atoms with Gasteiger partial charge in [0.05, 0.1) is 22.7 Å². The van der Waals surface area contributed by atoms with Gasteiger partial charge in [-0.15, -0.1) is 0 Å². The highest BCUT2D eigenvalue weighted by molar-refractivity contribution is 9.10. The number of carbonyl (C=O) groups is 2. The minimum Gasteiger partial charge on any atom is -0.300 e. The van der Waals surface area contributed by atoms with Crippen LogP contribution in [-0.4, -0.2) is 38.5 Å². The maximum Gasteiger partial charge on any atom is 0.299 e. The van der Waals surface area contributed by atoms with E-state index in [9.17, 15) is 18.0 Å². The van der Waals surface area contributed by atoms with Crippen molar-refractivity contribution in [3.63, 3.8) is 0 Å². The molecular weight excluding hydrogens is 420 g/mol. The number of carbonyl (C=O) groups excluding carboxylic acids is 2. The van der Waals surface area contributed by atoms with Crippen LogP contribution in [0.1, 0.15) is 21.5 Å². The van der Waals surface area contributed by atoms with Crippen LogP contribution in [0.15, 0.2) is 45.8 Å². The van der Waals surface area contributed by atoms with Gasteiger partial charge in [-0.1, -0.05) is 28.1 Å². The Morgan fingerprint density at radius 2 is 1.65 bits per heavy atom. The fraction of sp³-hybridized carbons (Fsp3) is 0.222. The number of hydrogen-bond donors (Lipinski definition) is 0. The number of ketones is 1. The normalized spacial score (nSPS) is 14.3.